The van der Waals surface area contributed by atoms with Crippen LogP contribution in [0.15, 0.2) is 54.6 Å². The molecule has 0 atom stereocenters. The Balaban J connectivity index is 1.77. The van der Waals surface area contributed by atoms with Crippen LogP contribution in [0.2, 0.25) is 0 Å². The average Bonchev–Trinajstić information content (AvgIpc) is 3.59. The second-order valence-electron chi connectivity index (χ2n) is 9.19. The van der Waals surface area contributed by atoms with Gasteiger partial charge in [0.15, 0.2) is 0 Å². The Morgan fingerprint density at radius 1 is 0.714 bits per heavy atom. The van der Waals surface area contributed by atoms with Crippen molar-refractivity contribution in [2.45, 2.75) is 13.8 Å². The van der Waals surface area contributed by atoms with E-state index in [1.165, 1.54) is 67.8 Å². The number of hydrogen-bond donors (Lipinski definition) is 0. The minimum Gasteiger partial charge on any atom is -0.299 e. The van der Waals surface area contributed by atoms with Crippen LogP contribution in [-0.4, -0.2) is 4.40 Å². The van der Waals surface area contributed by atoms with E-state index >= 15 is 0 Å². The van der Waals surface area contributed by atoms with E-state index in [4.69, 9.17) is 0 Å². The number of thiophene rings is 2. The fourth-order valence-corrected chi connectivity index (χ4v) is 9.04. The van der Waals surface area contributed by atoms with E-state index in [0.717, 1.165) is 16.2 Å². The number of fused-ring (bicyclic) bond motifs is 10. The van der Waals surface area contributed by atoms with Gasteiger partial charge in [-0.3, -0.25) is 4.40 Å². The summed E-state index contributed by atoms with van der Waals surface area (Å²) in [6.07, 6.45) is 0. The molecule has 0 unspecified atom stereocenters. The van der Waals surface area contributed by atoms with Crippen LogP contribution in [0.1, 0.15) is 11.1 Å². The van der Waals surface area contributed by atoms with Crippen LogP contribution in [0, 0.1) is 36.5 Å². The molecule has 0 aliphatic rings. The predicted octanol–water partition coefficient (Wildman–Crippen LogP) is 7.95. The van der Waals surface area contributed by atoms with Crippen molar-refractivity contribution in [1.82, 2.24) is 4.40 Å². The number of aromatic nitrogens is 1. The van der Waals surface area contributed by atoms with Gasteiger partial charge in [0, 0.05) is 36.8 Å². The molecule has 5 heteroatoms. The van der Waals surface area contributed by atoms with E-state index in [-0.39, 0.29) is 5.57 Å². The first-order valence-electron chi connectivity index (χ1n) is 11.4. The predicted molar refractivity (Wildman–Crippen MR) is 149 cm³/mol. The topological polar surface area (TPSA) is 52.0 Å². The third-order valence-corrected chi connectivity index (χ3v) is 10.3. The van der Waals surface area contributed by atoms with Gasteiger partial charge in [0.1, 0.15) is 22.5 Å². The highest BCUT2D eigenvalue weighted by atomic mass is 32.1. The van der Waals surface area contributed by atoms with Gasteiger partial charge in [-0.2, -0.15) is 10.5 Å². The van der Waals surface area contributed by atoms with Gasteiger partial charge in [-0.15, -0.1) is 22.7 Å². The average molecular weight is 482 g/mol. The smallest absolute Gasteiger partial charge is 0.137 e. The molecule has 0 saturated carbocycles. The molecule has 0 amide bonds. The monoisotopic (exact) mass is 481 g/mol. The number of nitriles is 2. The lowest BCUT2D eigenvalue weighted by molar-refractivity contribution is 1.38. The fraction of sp³-hybridized carbons (Fsp3) is 0.0667. The molecular weight excluding hydrogens is 466 g/mol. The summed E-state index contributed by atoms with van der Waals surface area (Å²) in [7, 11) is 0. The molecule has 0 N–H and O–H groups in total. The van der Waals surface area contributed by atoms with Gasteiger partial charge in [0.05, 0.1) is 20.4 Å². The lowest BCUT2D eigenvalue weighted by Crippen LogP contribution is -2.06. The van der Waals surface area contributed by atoms with E-state index in [0.29, 0.717) is 0 Å². The van der Waals surface area contributed by atoms with Crippen LogP contribution in [0.5, 0.6) is 0 Å². The van der Waals surface area contributed by atoms with Crippen molar-refractivity contribution in [1.29, 1.82) is 10.5 Å². The maximum absolute atomic E-state index is 9.75. The highest BCUT2D eigenvalue weighted by Gasteiger charge is 2.25. The van der Waals surface area contributed by atoms with Crippen molar-refractivity contribution in [3.63, 3.8) is 0 Å². The van der Waals surface area contributed by atoms with Crippen molar-refractivity contribution in [2.24, 2.45) is 0 Å². The summed E-state index contributed by atoms with van der Waals surface area (Å²) in [5, 5.41) is 29.0. The number of pyridine rings is 1. The molecule has 8 rings (SSSR count). The van der Waals surface area contributed by atoms with Crippen molar-refractivity contribution in [3.8, 4) is 12.1 Å². The lowest BCUT2D eigenvalue weighted by atomic mass is 10.0. The summed E-state index contributed by atoms with van der Waals surface area (Å²) in [4.78, 5) is 1.23. The lowest BCUT2D eigenvalue weighted by Gasteiger charge is -2.10. The fourth-order valence-electron chi connectivity index (χ4n) is 6.05. The molecule has 4 aromatic carbocycles. The Hall–Kier alpha value is -4.16. The van der Waals surface area contributed by atoms with Crippen molar-refractivity contribution in [3.05, 3.63) is 70.9 Å². The molecule has 0 saturated heterocycles. The van der Waals surface area contributed by atoms with Crippen LogP contribution in [0.3, 0.4) is 0 Å². The van der Waals surface area contributed by atoms with Crippen LogP contribution < -0.4 is 5.22 Å². The summed E-state index contributed by atoms with van der Waals surface area (Å²) < 4.78 is 6.07. The minimum absolute atomic E-state index is 0.200. The molecule has 4 aromatic heterocycles. The Bertz CT molecular complexity index is 2350. The molecule has 0 radical (unpaired) electrons. The molecule has 0 fully saturated rings. The van der Waals surface area contributed by atoms with Gasteiger partial charge in [-0.1, -0.05) is 48.5 Å². The first-order chi connectivity index (χ1) is 17.1. The van der Waals surface area contributed by atoms with Crippen LogP contribution in [0.25, 0.3) is 73.2 Å². The molecular formula is C30H15N3S2. The quantitative estimate of drug-likeness (QED) is 0.221. The summed E-state index contributed by atoms with van der Waals surface area (Å²) in [5.41, 5.74) is 4.90. The van der Waals surface area contributed by atoms with E-state index in [1.54, 1.807) is 22.7 Å². The molecule has 0 spiro atoms. The number of nitrogens with zero attached hydrogens (tertiary/aromatic N) is 3. The van der Waals surface area contributed by atoms with Crippen molar-refractivity contribution < 1.29 is 0 Å². The third-order valence-electron chi connectivity index (χ3n) is 7.66. The first-order valence-corrected chi connectivity index (χ1v) is 13.0. The first kappa shape index (κ1) is 19.2. The standard InChI is InChI=1S/C30H15N3S2/c1-14-15(2)27-25(22(14)17(12-31)13-32)29-28(34-27)24-20-8-5-6-16-10-11-19-18-7-3-4-9-21(18)33(30(24)35-29)26(19)23(16)20/h3-11H,1-2H3. The number of para-hydroxylation sites is 1. The summed E-state index contributed by atoms with van der Waals surface area (Å²) in [6, 6.07) is 24.1. The SMILES string of the molecule is Cc1c(C)c2sc3c(sc4c3c3cccc5ccc6c7ccccc7n4c6c53)c2c1=C(C#N)C#N. The third kappa shape index (κ3) is 2.06. The maximum atomic E-state index is 9.75. The second kappa shape index (κ2) is 6.29. The molecule has 0 aliphatic carbocycles. The van der Waals surface area contributed by atoms with Gasteiger partial charge in [0.25, 0.3) is 0 Å². The Labute approximate surface area is 207 Å². The molecule has 3 nitrogen and oxygen atoms in total. The van der Waals surface area contributed by atoms with E-state index in [1.807, 2.05) is 6.92 Å². The highest BCUT2D eigenvalue weighted by Crippen LogP contribution is 2.50. The van der Waals surface area contributed by atoms with E-state index in [9.17, 15) is 10.5 Å². The molecule has 0 bridgehead atoms. The maximum Gasteiger partial charge on any atom is 0.137 e. The Kier molecular flexibility index (Phi) is 3.44. The van der Waals surface area contributed by atoms with E-state index < -0.39 is 0 Å². The zero-order valence-electron chi connectivity index (χ0n) is 18.9. The van der Waals surface area contributed by atoms with Crippen molar-refractivity contribution in [2.75, 3.05) is 0 Å². The summed E-state index contributed by atoms with van der Waals surface area (Å²) in [5.74, 6) is 0. The second-order valence-corrected chi connectivity index (χ2v) is 11.2. The van der Waals surface area contributed by atoms with Crippen LogP contribution >= 0.6 is 22.7 Å². The number of rotatable bonds is 0. The van der Waals surface area contributed by atoms with Crippen molar-refractivity contribution >= 4 is 95.9 Å². The van der Waals surface area contributed by atoms with Gasteiger partial charge in [-0.25, -0.2) is 0 Å². The molecule has 162 valence electrons. The molecule has 0 aliphatic heterocycles. The Morgan fingerprint density at radius 2 is 1.49 bits per heavy atom. The van der Waals surface area contributed by atoms with Crippen LogP contribution in [0.4, 0.5) is 0 Å². The summed E-state index contributed by atoms with van der Waals surface area (Å²) in [6.45, 7) is 4.14. The van der Waals surface area contributed by atoms with Gasteiger partial charge in [0.2, 0.25) is 0 Å². The normalized spacial score (nSPS) is 12.2. The number of hydrogen-bond acceptors (Lipinski definition) is 4. The zero-order chi connectivity index (χ0) is 23.6. The minimum atomic E-state index is 0.200. The molecule has 8 aromatic rings. The highest BCUT2D eigenvalue weighted by molar-refractivity contribution is 7.36. The largest absolute Gasteiger partial charge is 0.299 e. The van der Waals surface area contributed by atoms with Gasteiger partial charge >= 0.3 is 0 Å². The van der Waals surface area contributed by atoms with Gasteiger partial charge < -0.3 is 0 Å². The van der Waals surface area contributed by atoms with Crippen LogP contribution in [-0.2, 0) is 0 Å². The number of aryl methyl sites for hydroxylation is 1. The van der Waals surface area contributed by atoms with E-state index in [2.05, 4.69) is 78.1 Å². The zero-order valence-corrected chi connectivity index (χ0v) is 20.5. The number of benzene rings is 3. The van der Waals surface area contributed by atoms with Gasteiger partial charge in [-0.05, 0) is 41.8 Å². The molecule has 4 heterocycles. The Morgan fingerprint density at radius 3 is 2.31 bits per heavy atom. The molecule has 35 heavy (non-hydrogen) atoms. The summed E-state index contributed by atoms with van der Waals surface area (Å²) >= 11 is 3.60.